The van der Waals surface area contributed by atoms with Gasteiger partial charge in [0.25, 0.3) is 0 Å². The third-order valence-corrected chi connectivity index (χ3v) is 9.26. The molecule has 3 aromatic rings. The third-order valence-electron chi connectivity index (χ3n) is 9.26. The normalized spacial score (nSPS) is 20.7. The van der Waals surface area contributed by atoms with Gasteiger partial charge >= 0.3 is 6.01 Å². The van der Waals surface area contributed by atoms with Crippen molar-refractivity contribution in [3.63, 3.8) is 0 Å². The number of piperazine rings is 1. The number of anilines is 2. The molecule has 1 aromatic heterocycles. The van der Waals surface area contributed by atoms with Gasteiger partial charge in [0.05, 0.1) is 18.8 Å². The van der Waals surface area contributed by atoms with Crippen molar-refractivity contribution in [2.75, 3.05) is 69.3 Å². The van der Waals surface area contributed by atoms with Crippen molar-refractivity contribution in [3.8, 4) is 6.01 Å². The lowest BCUT2D eigenvalue weighted by Crippen LogP contribution is -2.56. The predicted octanol–water partition coefficient (Wildman–Crippen LogP) is 3.46. The summed E-state index contributed by atoms with van der Waals surface area (Å²) in [4.78, 5) is 35.2. The molecule has 10 heteroatoms. The van der Waals surface area contributed by atoms with Crippen LogP contribution in [0.4, 0.5) is 11.5 Å². The smallest absolute Gasteiger partial charge is 0.318 e. The third kappa shape index (κ3) is 6.07. The van der Waals surface area contributed by atoms with E-state index in [0.717, 1.165) is 43.0 Å². The number of likely N-dealkylation sites (N-methyl/N-ethyl adjacent to an activating group) is 1. The van der Waals surface area contributed by atoms with Gasteiger partial charge in [0, 0.05) is 54.9 Å². The van der Waals surface area contributed by atoms with Gasteiger partial charge in [0.15, 0.2) is 0 Å². The van der Waals surface area contributed by atoms with Crippen LogP contribution < -0.4 is 14.5 Å². The Labute approximate surface area is 259 Å². The van der Waals surface area contributed by atoms with Gasteiger partial charge in [-0.1, -0.05) is 36.4 Å². The number of ether oxygens (including phenoxy) is 1. The number of carbonyl (C=O) groups is 1. The minimum absolute atomic E-state index is 0.178. The van der Waals surface area contributed by atoms with Gasteiger partial charge in [0.2, 0.25) is 12.5 Å². The maximum absolute atomic E-state index is 12.8. The van der Waals surface area contributed by atoms with Crippen LogP contribution in [-0.4, -0.2) is 102 Å². The van der Waals surface area contributed by atoms with Crippen LogP contribution in [0.2, 0.25) is 0 Å². The molecule has 4 heterocycles. The maximum Gasteiger partial charge on any atom is 0.318 e. The summed E-state index contributed by atoms with van der Waals surface area (Å²) < 4.78 is 6.31. The van der Waals surface area contributed by atoms with Crippen LogP contribution in [0.25, 0.3) is 15.6 Å². The highest BCUT2D eigenvalue weighted by molar-refractivity contribution is 5.97. The lowest BCUT2D eigenvalue weighted by Gasteiger charge is -2.41. The Hall–Kier alpha value is -4.20. The number of rotatable bonds is 8. The van der Waals surface area contributed by atoms with Crippen molar-refractivity contribution in [1.29, 1.82) is 0 Å². The number of fused-ring (bicyclic) bond motifs is 2. The van der Waals surface area contributed by atoms with Crippen LogP contribution in [0.1, 0.15) is 29.7 Å². The molecular weight excluding hydrogens is 554 g/mol. The van der Waals surface area contributed by atoms with Crippen molar-refractivity contribution in [1.82, 2.24) is 19.8 Å². The molecule has 2 aromatic carbocycles. The molecule has 0 unspecified atom stereocenters. The fourth-order valence-corrected chi connectivity index (χ4v) is 6.90. The summed E-state index contributed by atoms with van der Waals surface area (Å²) in [5.41, 5.74) is 4.54. The number of amides is 1. The molecular formula is C34H41N7O3. The van der Waals surface area contributed by atoms with Crippen LogP contribution in [0.3, 0.4) is 0 Å². The van der Waals surface area contributed by atoms with Crippen LogP contribution in [0.15, 0.2) is 48.6 Å². The van der Waals surface area contributed by atoms with E-state index in [2.05, 4.69) is 69.9 Å². The molecule has 1 amide bonds. The fraction of sp³-hybridized carbons (Fsp3) is 0.471. The number of carbonyl (C=O) groups excluding carboxylic acids is 1. The Balaban J connectivity index is 1.32. The van der Waals surface area contributed by atoms with Gasteiger partial charge in [-0.25, -0.2) is 6.57 Å². The number of aromatic nitrogens is 2. The van der Waals surface area contributed by atoms with Gasteiger partial charge in [-0.15, -0.1) is 0 Å². The van der Waals surface area contributed by atoms with E-state index in [4.69, 9.17) is 26.4 Å². The van der Waals surface area contributed by atoms with E-state index in [9.17, 15) is 4.79 Å². The van der Waals surface area contributed by atoms with Gasteiger partial charge in [-0.2, -0.15) is 9.97 Å². The van der Waals surface area contributed by atoms with E-state index >= 15 is 0 Å². The molecule has 0 saturated carbocycles. The zero-order valence-electron chi connectivity index (χ0n) is 25.7. The second-order valence-corrected chi connectivity index (χ2v) is 12.0. The first-order chi connectivity index (χ1) is 21.5. The van der Waals surface area contributed by atoms with Crippen molar-refractivity contribution >= 4 is 28.2 Å². The van der Waals surface area contributed by atoms with Gasteiger partial charge in [0.1, 0.15) is 18.5 Å². The molecule has 2 atom stereocenters. The first kappa shape index (κ1) is 29.9. The largest absolute Gasteiger partial charge is 0.462 e. The van der Waals surface area contributed by atoms with Gasteiger partial charge in [-0.3, -0.25) is 4.79 Å². The van der Waals surface area contributed by atoms with E-state index in [1.165, 1.54) is 40.6 Å². The number of hydrogen-bond donors (Lipinski definition) is 1. The van der Waals surface area contributed by atoms with Crippen LogP contribution in [0, 0.1) is 13.5 Å². The van der Waals surface area contributed by atoms with E-state index in [1.54, 1.807) is 4.90 Å². The number of hydrogen-bond acceptors (Lipinski definition) is 8. The minimum Gasteiger partial charge on any atom is -0.462 e. The number of aliphatic hydroxyl groups excluding tert-OH is 1. The zero-order chi connectivity index (χ0) is 30.6. The number of aliphatic hydroxyl groups is 1. The topological polar surface area (TPSA) is 89.6 Å². The molecule has 0 bridgehead atoms. The second kappa shape index (κ2) is 13.2. The average Bonchev–Trinajstić information content (AvgIpc) is 3.46. The molecule has 6 rings (SSSR count). The van der Waals surface area contributed by atoms with E-state index < -0.39 is 0 Å². The van der Waals surface area contributed by atoms with Crippen molar-refractivity contribution in [3.05, 3.63) is 76.8 Å². The van der Waals surface area contributed by atoms with Crippen molar-refractivity contribution < 1.29 is 14.6 Å². The van der Waals surface area contributed by atoms with E-state index in [1.807, 2.05) is 0 Å². The Morgan fingerprint density at radius 1 is 1.11 bits per heavy atom. The standard InChI is InChI=1S/C34H41N7O3/c1-24-8-4-9-25-10-5-12-30(32(24)25)39-16-14-28-29(22-39)36-34(44-23-26-11-6-15-38(26)3)37-33(28)40-17-18-41(27(21-40)20-35-2)31(43)13-7-19-42/h4-5,7-10,12-13,26-27,42H,6,11,14-23H2,1,3H3/b13-7+/t26-,27-/m0/s1. The second-order valence-electron chi connectivity index (χ2n) is 12.0. The monoisotopic (exact) mass is 595 g/mol. The molecule has 3 aliphatic rings. The van der Waals surface area contributed by atoms with Crippen molar-refractivity contribution in [2.45, 2.75) is 44.8 Å². The average molecular weight is 596 g/mol. The molecule has 0 aliphatic carbocycles. The Morgan fingerprint density at radius 2 is 1.95 bits per heavy atom. The SMILES string of the molecule is [C-]#[N+]C[C@H]1CN(c2nc(OC[C@@H]3CCCN3C)nc3c2CCN(c2cccc4cccc(C)c24)C3)CCN1C(=O)/C=C/CO. The maximum atomic E-state index is 12.8. The van der Waals surface area contributed by atoms with Crippen molar-refractivity contribution in [2.24, 2.45) is 0 Å². The summed E-state index contributed by atoms with van der Waals surface area (Å²) >= 11 is 0. The summed E-state index contributed by atoms with van der Waals surface area (Å²) in [6.45, 7) is 14.4. The van der Waals surface area contributed by atoms with Gasteiger partial charge in [-0.05, 0) is 56.8 Å². The van der Waals surface area contributed by atoms with E-state index in [-0.39, 0.29) is 25.1 Å². The first-order valence-corrected chi connectivity index (χ1v) is 15.6. The summed E-state index contributed by atoms with van der Waals surface area (Å²) in [7, 11) is 2.14. The lowest BCUT2D eigenvalue weighted by atomic mass is 9.99. The summed E-state index contributed by atoms with van der Waals surface area (Å²) in [6.07, 6.45) is 5.89. The molecule has 2 saturated heterocycles. The van der Waals surface area contributed by atoms with Gasteiger partial charge < -0.3 is 34.3 Å². The number of aryl methyl sites for hydroxylation is 1. The molecule has 1 N–H and O–H groups in total. The number of benzene rings is 2. The molecule has 10 nitrogen and oxygen atoms in total. The summed E-state index contributed by atoms with van der Waals surface area (Å²) in [5, 5.41) is 11.7. The summed E-state index contributed by atoms with van der Waals surface area (Å²) in [6, 6.07) is 13.4. The Kier molecular flexibility index (Phi) is 8.96. The van der Waals surface area contributed by atoms with Crippen LogP contribution in [0.5, 0.6) is 6.01 Å². The highest BCUT2D eigenvalue weighted by Gasteiger charge is 2.35. The number of likely N-dealkylation sites (tertiary alicyclic amines) is 1. The molecule has 2 fully saturated rings. The summed E-state index contributed by atoms with van der Waals surface area (Å²) in [5.74, 6) is 0.675. The highest BCUT2D eigenvalue weighted by Crippen LogP contribution is 2.36. The Morgan fingerprint density at radius 3 is 2.73 bits per heavy atom. The zero-order valence-corrected chi connectivity index (χ0v) is 25.7. The lowest BCUT2D eigenvalue weighted by molar-refractivity contribution is -0.128. The molecule has 0 radical (unpaired) electrons. The predicted molar refractivity (Wildman–Crippen MR) is 172 cm³/mol. The highest BCUT2D eigenvalue weighted by atomic mass is 16.5. The molecule has 0 spiro atoms. The van der Waals surface area contributed by atoms with Crippen LogP contribution in [-0.2, 0) is 17.8 Å². The quantitative estimate of drug-likeness (QED) is 0.313. The van der Waals surface area contributed by atoms with E-state index in [0.29, 0.717) is 44.8 Å². The molecule has 3 aliphatic heterocycles. The molecule has 230 valence electrons. The van der Waals surface area contributed by atoms with Crippen LogP contribution >= 0.6 is 0 Å². The molecule has 44 heavy (non-hydrogen) atoms. The Bertz CT molecular complexity index is 1580. The fourth-order valence-electron chi connectivity index (χ4n) is 6.90. The first-order valence-electron chi connectivity index (χ1n) is 15.6. The minimum atomic E-state index is -0.280. The number of nitrogens with zero attached hydrogens (tertiary/aromatic N) is 7.